The zero-order valence-corrected chi connectivity index (χ0v) is 14.1. The van der Waals surface area contributed by atoms with Crippen LogP contribution in [-0.4, -0.2) is 27.5 Å². The van der Waals surface area contributed by atoms with Crippen molar-refractivity contribution in [1.29, 1.82) is 0 Å². The van der Waals surface area contributed by atoms with Crippen molar-refractivity contribution < 1.29 is 5.11 Å². The van der Waals surface area contributed by atoms with E-state index in [-0.39, 0.29) is 16.9 Å². The van der Waals surface area contributed by atoms with Crippen LogP contribution in [0.4, 0.5) is 0 Å². The van der Waals surface area contributed by atoms with Crippen molar-refractivity contribution in [3.63, 3.8) is 0 Å². The molecule has 0 amide bonds. The molecule has 0 aromatic carbocycles. The maximum Gasteiger partial charge on any atom is 0.0722 e. The van der Waals surface area contributed by atoms with Gasteiger partial charge in [0.2, 0.25) is 0 Å². The highest BCUT2D eigenvalue weighted by Crippen LogP contribution is 2.24. The third-order valence-corrected chi connectivity index (χ3v) is 3.16. The van der Waals surface area contributed by atoms with Crippen molar-refractivity contribution >= 4 is 0 Å². The van der Waals surface area contributed by atoms with Crippen molar-refractivity contribution in [1.82, 2.24) is 15.1 Å². The number of nitrogens with zero attached hydrogens (tertiary/aromatic N) is 2. The van der Waals surface area contributed by atoms with E-state index in [4.69, 9.17) is 0 Å². The number of aromatic nitrogens is 2. The molecule has 0 saturated carbocycles. The first-order valence-corrected chi connectivity index (χ1v) is 7.41. The minimum absolute atomic E-state index is 0.0439. The summed E-state index contributed by atoms with van der Waals surface area (Å²) >= 11 is 0. The Balaban J connectivity index is 2.55. The van der Waals surface area contributed by atoms with Crippen molar-refractivity contribution in [2.24, 2.45) is 12.5 Å². The van der Waals surface area contributed by atoms with Gasteiger partial charge in [-0.25, -0.2) is 0 Å². The molecule has 0 saturated heterocycles. The largest absolute Gasteiger partial charge is 0.392 e. The average molecular weight is 281 g/mol. The lowest BCUT2D eigenvalue weighted by Gasteiger charge is -2.23. The Bertz CT molecular complexity index is 424. The molecule has 4 heteroatoms. The van der Waals surface area contributed by atoms with E-state index in [1.165, 1.54) is 5.56 Å². The van der Waals surface area contributed by atoms with Crippen LogP contribution in [-0.2, 0) is 19.0 Å². The van der Waals surface area contributed by atoms with E-state index < -0.39 is 0 Å². The van der Waals surface area contributed by atoms with E-state index in [0.717, 1.165) is 18.7 Å². The molecule has 0 radical (unpaired) electrons. The first-order valence-electron chi connectivity index (χ1n) is 7.41. The predicted molar refractivity (Wildman–Crippen MR) is 83.7 cm³/mol. The van der Waals surface area contributed by atoms with Crippen LogP contribution in [0.5, 0.6) is 0 Å². The first-order chi connectivity index (χ1) is 8.99. The molecular weight excluding hydrogens is 250 g/mol. The van der Waals surface area contributed by atoms with E-state index in [1.54, 1.807) is 0 Å². The Morgan fingerprint density at radius 2 is 1.85 bits per heavy atom. The van der Waals surface area contributed by atoms with Gasteiger partial charge in [0.1, 0.15) is 0 Å². The molecule has 1 heterocycles. The molecule has 1 aromatic heterocycles. The number of aryl methyl sites for hydroxylation is 1. The number of aliphatic hydroxyl groups excluding tert-OH is 1. The van der Waals surface area contributed by atoms with Gasteiger partial charge < -0.3 is 10.4 Å². The molecule has 0 aliphatic rings. The summed E-state index contributed by atoms with van der Waals surface area (Å²) in [6.45, 7) is 14.3. The highest BCUT2D eigenvalue weighted by Gasteiger charge is 2.22. The van der Waals surface area contributed by atoms with Gasteiger partial charge in [0.05, 0.1) is 11.8 Å². The summed E-state index contributed by atoms with van der Waals surface area (Å²) in [5.74, 6) is 0. The van der Waals surface area contributed by atoms with Crippen LogP contribution in [0, 0.1) is 5.41 Å². The third-order valence-electron chi connectivity index (χ3n) is 3.16. The van der Waals surface area contributed by atoms with Gasteiger partial charge in [-0.2, -0.15) is 5.10 Å². The number of aliphatic hydroxyl groups is 1. The average Bonchev–Trinajstić information content (AvgIpc) is 2.56. The molecule has 0 fully saturated rings. The lowest BCUT2D eigenvalue weighted by molar-refractivity contribution is 0.119. The molecule has 4 nitrogen and oxygen atoms in total. The van der Waals surface area contributed by atoms with Gasteiger partial charge in [0, 0.05) is 37.3 Å². The zero-order chi connectivity index (χ0) is 15.6. The highest BCUT2D eigenvalue weighted by molar-refractivity contribution is 5.23. The fraction of sp³-hybridized carbons (Fsp3) is 0.812. The van der Waals surface area contributed by atoms with Crippen LogP contribution in [0.3, 0.4) is 0 Å². The maximum atomic E-state index is 10.0. The highest BCUT2D eigenvalue weighted by atomic mass is 16.3. The zero-order valence-electron chi connectivity index (χ0n) is 14.1. The second kappa shape index (κ2) is 6.27. The van der Waals surface area contributed by atoms with Gasteiger partial charge >= 0.3 is 0 Å². The Morgan fingerprint density at radius 1 is 1.25 bits per heavy atom. The van der Waals surface area contributed by atoms with Crippen molar-refractivity contribution in [3.05, 3.63) is 17.5 Å². The Kier molecular flexibility index (Phi) is 5.39. The molecule has 116 valence electrons. The Morgan fingerprint density at radius 3 is 2.35 bits per heavy atom. The molecule has 20 heavy (non-hydrogen) atoms. The van der Waals surface area contributed by atoms with Crippen molar-refractivity contribution in [3.8, 4) is 0 Å². The molecule has 0 aliphatic heterocycles. The van der Waals surface area contributed by atoms with E-state index in [0.29, 0.717) is 6.54 Å². The Labute approximate surface area is 123 Å². The molecule has 1 unspecified atom stereocenters. The summed E-state index contributed by atoms with van der Waals surface area (Å²) in [7, 11) is 1.95. The van der Waals surface area contributed by atoms with Crippen molar-refractivity contribution in [2.45, 2.75) is 66.0 Å². The second-order valence-corrected chi connectivity index (χ2v) is 7.98. The molecular formula is C16H31N3O. The summed E-state index contributed by atoms with van der Waals surface area (Å²) < 4.78 is 1.86. The number of hydrogen-bond acceptors (Lipinski definition) is 3. The quantitative estimate of drug-likeness (QED) is 0.872. The molecule has 1 aromatic rings. The Hall–Kier alpha value is -0.870. The fourth-order valence-corrected chi connectivity index (χ4v) is 2.45. The summed E-state index contributed by atoms with van der Waals surface area (Å²) in [6.07, 6.45) is 2.56. The van der Waals surface area contributed by atoms with Crippen LogP contribution in [0.1, 0.15) is 59.2 Å². The van der Waals surface area contributed by atoms with E-state index in [1.807, 2.05) is 11.7 Å². The van der Waals surface area contributed by atoms with E-state index in [9.17, 15) is 5.11 Å². The molecule has 1 atom stereocenters. The summed E-state index contributed by atoms with van der Waals surface area (Å²) in [5.41, 5.74) is 2.54. The minimum atomic E-state index is -0.301. The van der Waals surface area contributed by atoms with E-state index >= 15 is 0 Å². The molecule has 2 N–H and O–H groups in total. The normalized spacial score (nSPS) is 14.6. The van der Waals surface area contributed by atoms with Gasteiger partial charge in [-0.1, -0.05) is 41.5 Å². The van der Waals surface area contributed by atoms with Crippen molar-refractivity contribution in [2.75, 3.05) is 6.54 Å². The van der Waals surface area contributed by atoms with Gasteiger partial charge in [-0.3, -0.25) is 4.68 Å². The van der Waals surface area contributed by atoms with Crippen LogP contribution in [0.15, 0.2) is 6.20 Å². The summed E-state index contributed by atoms with van der Waals surface area (Å²) in [5, 5.41) is 17.9. The van der Waals surface area contributed by atoms with E-state index in [2.05, 4.69) is 58.2 Å². The van der Waals surface area contributed by atoms with Crippen LogP contribution in [0.25, 0.3) is 0 Å². The van der Waals surface area contributed by atoms with Gasteiger partial charge in [-0.15, -0.1) is 0 Å². The number of rotatable bonds is 5. The SMILES string of the molecule is Cn1cc(CNCC(O)CC(C)(C)C)c(C(C)(C)C)n1. The molecule has 1 rings (SSSR count). The molecule has 0 spiro atoms. The fourth-order valence-electron chi connectivity index (χ4n) is 2.45. The number of hydrogen-bond donors (Lipinski definition) is 2. The number of nitrogens with one attached hydrogen (secondary N) is 1. The molecule has 0 bridgehead atoms. The van der Waals surface area contributed by atoms with Crippen LogP contribution >= 0.6 is 0 Å². The molecule has 0 aliphatic carbocycles. The van der Waals surface area contributed by atoms with Gasteiger partial charge in [0.15, 0.2) is 0 Å². The monoisotopic (exact) mass is 281 g/mol. The maximum absolute atomic E-state index is 10.0. The first kappa shape index (κ1) is 17.2. The summed E-state index contributed by atoms with van der Waals surface area (Å²) in [6, 6.07) is 0. The smallest absolute Gasteiger partial charge is 0.0722 e. The standard InChI is InChI=1S/C16H31N3O/c1-15(2,3)8-13(20)10-17-9-12-11-19(7)18-14(12)16(4,5)6/h11,13,17,20H,8-10H2,1-7H3. The van der Waals surface area contributed by atoms with Gasteiger partial charge in [0.25, 0.3) is 0 Å². The van der Waals surface area contributed by atoms with Crippen LogP contribution in [0.2, 0.25) is 0 Å². The minimum Gasteiger partial charge on any atom is -0.392 e. The topological polar surface area (TPSA) is 50.1 Å². The lowest BCUT2D eigenvalue weighted by atomic mass is 9.89. The summed E-state index contributed by atoms with van der Waals surface area (Å²) in [4.78, 5) is 0. The lowest BCUT2D eigenvalue weighted by Crippen LogP contribution is -2.30. The van der Waals surface area contributed by atoms with Crippen LogP contribution < -0.4 is 5.32 Å². The second-order valence-electron chi connectivity index (χ2n) is 7.98. The van der Waals surface area contributed by atoms with Gasteiger partial charge in [-0.05, 0) is 11.8 Å². The predicted octanol–water partition coefficient (Wildman–Crippen LogP) is 2.60. The third kappa shape index (κ3) is 5.63.